The van der Waals surface area contributed by atoms with E-state index in [0.717, 1.165) is 16.7 Å². The van der Waals surface area contributed by atoms with Crippen molar-refractivity contribution >= 4 is 18.1 Å². The molecule has 2 aromatic rings. The van der Waals surface area contributed by atoms with E-state index in [0.29, 0.717) is 12.5 Å². The number of benzene rings is 2. The Morgan fingerprint density at radius 1 is 1.12 bits per heavy atom. The summed E-state index contributed by atoms with van der Waals surface area (Å²) in [4.78, 5) is 11.1. The molecule has 0 radical (unpaired) electrons. The first kappa shape index (κ1) is 29.0. The van der Waals surface area contributed by atoms with Crippen molar-refractivity contribution in [3.05, 3.63) is 82.2 Å². The van der Waals surface area contributed by atoms with Gasteiger partial charge in [-0.15, -0.1) is 0 Å². The minimum absolute atomic E-state index is 0.131. The molecule has 1 atom stereocenters. The van der Waals surface area contributed by atoms with E-state index in [9.17, 15) is 4.79 Å². The van der Waals surface area contributed by atoms with Gasteiger partial charge in [-0.05, 0) is 64.1 Å². The molecule has 5 N–H and O–H groups in total. The monoisotopic (exact) mass is 465 g/mol. The van der Waals surface area contributed by atoms with Crippen LogP contribution in [-0.2, 0) is 12.0 Å². The summed E-state index contributed by atoms with van der Waals surface area (Å²) in [5, 5.41) is 10.7. The van der Waals surface area contributed by atoms with E-state index in [1.807, 2.05) is 45.9 Å². The average Bonchev–Trinajstić information content (AvgIpc) is 2.83. The normalized spacial score (nSPS) is 16.2. The lowest BCUT2D eigenvalue weighted by molar-refractivity contribution is 0.0697. The molecule has 34 heavy (non-hydrogen) atoms. The molecule has 0 aromatic heterocycles. The van der Waals surface area contributed by atoms with Crippen LogP contribution in [0.1, 0.15) is 105 Å². The zero-order valence-electron chi connectivity index (χ0n) is 21.9. The third-order valence-electron chi connectivity index (χ3n) is 6.02. The van der Waals surface area contributed by atoms with Gasteiger partial charge in [0.05, 0.1) is 12.1 Å². The van der Waals surface area contributed by atoms with Crippen molar-refractivity contribution in [1.82, 2.24) is 5.01 Å². The first-order valence-corrected chi connectivity index (χ1v) is 12.3. The number of carboxylic acid groups (broad SMARTS) is 1. The number of hydrazine groups is 1. The molecule has 1 aliphatic carbocycles. The second kappa shape index (κ2) is 13.6. The lowest BCUT2D eigenvalue weighted by atomic mass is 9.68. The third kappa shape index (κ3) is 7.49. The van der Waals surface area contributed by atoms with Crippen LogP contribution in [0, 0.1) is 0 Å². The predicted molar refractivity (Wildman–Crippen MR) is 145 cm³/mol. The predicted octanol–water partition coefficient (Wildman–Crippen LogP) is 6.89. The summed E-state index contributed by atoms with van der Waals surface area (Å²) in [5.74, 6) is 5.68. The van der Waals surface area contributed by atoms with Gasteiger partial charge in [0.2, 0.25) is 0 Å². The van der Waals surface area contributed by atoms with Gasteiger partial charge in [0, 0.05) is 12.4 Å². The SMILES string of the molecule is CC.CC.CC1CCC(C)(C)c2cc(/C=C/c3ccc(C(=O)O)cc3)c(CN(N)/C=C\N)cc21. The fourth-order valence-corrected chi connectivity index (χ4v) is 4.12. The Labute approximate surface area is 206 Å². The van der Waals surface area contributed by atoms with Crippen molar-refractivity contribution in [2.45, 2.75) is 79.2 Å². The van der Waals surface area contributed by atoms with E-state index in [1.54, 1.807) is 23.3 Å². The number of carbonyl (C=O) groups is 1. The summed E-state index contributed by atoms with van der Waals surface area (Å²) in [6.07, 6.45) is 9.53. The highest BCUT2D eigenvalue weighted by atomic mass is 16.4. The molecule has 0 spiro atoms. The fourth-order valence-electron chi connectivity index (χ4n) is 4.12. The second-order valence-corrected chi connectivity index (χ2v) is 8.74. The van der Waals surface area contributed by atoms with Gasteiger partial charge in [-0.3, -0.25) is 0 Å². The molecular weight excluding hydrogens is 422 g/mol. The number of nitrogens with zero attached hydrogens (tertiary/aromatic N) is 1. The number of hydrogen-bond donors (Lipinski definition) is 3. The quantitative estimate of drug-likeness (QED) is 0.245. The summed E-state index contributed by atoms with van der Waals surface area (Å²) in [6.45, 7) is 15.5. The Bertz CT molecular complexity index is 976. The van der Waals surface area contributed by atoms with E-state index in [-0.39, 0.29) is 11.0 Å². The number of aromatic carboxylic acids is 1. The molecule has 5 nitrogen and oxygen atoms in total. The standard InChI is InChI=1S/C25H31N3O2.2C2H6/c1-17-10-11-25(2,3)23-15-20(21(14-22(17)23)16-28(27)13-12-26)9-6-18-4-7-19(8-5-18)24(29)30;2*1-2/h4-9,12-15,17H,10-11,16,26-27H2,1-3H3,(H,29,30);2*1-2H3/b9-6+,13-12-;;. The van der Waals surface area contributed by atoms with E-state index < -0.39 is 5.97 Å². The summed E-state index contributed by atoms with van der Waals surface area (Å²) in [5.41, 5.74) is 11.9. The lowest BCUT2D eigenvalue weighted by Gasteiger charge is -2.37. The molecule has 1 aliphatic rings. The van der Waals surface area contributed by atoms with Crippen LogP contribution in [0.25, 0.3) is 12.2 Å². The fraction of sp³-hybridized carbons (Fsp3) is 0.414. The van der Waals surface area contributed by atoms with Crippen molar-refractivity contribution in [2.75, 3.05) is 0 Å². The third-order valence-corrected chi connectivity index (χ3v) is 6.02. The van der Waals surface area contributed by atoms with Gasteiger partial charge < -0.3 is 15.8 Å². The smallest absolute Gasteiger partial charge is 0.335 e. The zero-order valence-corrected chi connectivity index (χ0v) is 21.9. The first-order chi connectivity index (χ1) is 16.2. The molecule has 0 aliphatic heterocycles. The van der Waals surface area contributed by atoms with E-state index >= 15 is 0 Å². The Balaban J connectivity index is 0.00000137. The van der Waals surface area contributed by atoms with Gasteiger partial charge in [0.25, 0.3) is 0 Å². The molecule has 0 heterocycles. The number of hydrogen-bond acceptors (Lipinski definition) is 4. The van der Waals surface area contributed by atoms with Crippen LogP contribution in [-0.4, -0.2) is 16.1 Å². The van der Waals surface area contributed by atoms with Gasteiger partial charge in [0.1, 0.15) is 0 Å². The highest BCUT2D eigenvalue weighted by molar-refractivity contribution is 5.88. The minimum Gasteiger partial charge on any atom is -0.478 e. The molecule has 0 amide bonds. The van der Waals surface area contributed by atoms with Crippen LogP contribution < -0.4 is 11.6 Å². The Morgan fingerprint density at radius 2 is 1.74 bits per heavy atom. The molecule has 0 saturated carbocycles. The highest BCUT2D eigenvalue weighted by Crippen LogP contribution is 2.43. The van der Waals surface area contributed by atoms with Crippen LogP contribution in [0.5, 0.6) is 0 Å². The second-order valence-electron chi connectivity index (χ2n) is 8.74. The Kier molecular flexibility index (Phi) is 11.6. The van der Waals surface area contributed by atoms with Crippen molar-refractivity contribution in [2.24, 2.45) is 11.6 Å². The number of carboxylic acids is 1. The average molecular weight is 466 g/mol. The maximum Gasteiger partial charge on any atom is 0.335 e. The van der Waals surface area contributed by atoms with Gasteiger partial charge in [-0.25, -0.2) is 10.6 Å². The molecule has 5 heteroatoms. The first-order valence-electron chi connectivity index (χ1n) is 12.3. The Morgan fingerprint density at radius 3 is 2.29 bits per heavy atom. The minimum atomic E-state index is -0.921. The molecule has 0 bridgehead atoms. The largest absolute Gasteiger partial charge is 0.478 e. The van der Waals surface area contributed by atoms with Crippen molar-refractivity contribution in [3.8, 4) is 0 Å². The summed E-state index contributed by atoms with van der Waals surface area (Å²) in [6, 6.07) is 11.5. The lowest BCUT2D eigenvalue weighted by Crippen LogP contribution is -2.28. The van der Waals surface area contributed by atoms with Gasteiger partial charge in [-0.1, -0.05) is 84.9 Å². The maximum atomic E-state index is 11.1. The van der Waals surface area contributed by atoms with Gasteiger partial charge in [-0.2, -0.15) is 0 Å². The molecule has 1 unspecified atom stereocenters. The van der Waals surface area contributed by atoms with Gasteiger partial charge >= 0.3 is 5.97 Å². The number of fused-ring (bicyclic) bond motifs is 1. The Hall–Kier alpha value is -3.05. The number of rotatable bonds is 6. The van der Waals surface area contributed by atoms with Gasteiger partial charge in [0.15, 0.2) is 0 Å². The maximum absolute atomic E-state index is 11.1. The van der Waals surface area contributed by atoms with Crippen molar-refractivity contribution in [1.29, 1.82) is 0 Å². The summed E-state index contributed by atoms with van der Waals surface area (Å²) in [7, 11) is 0. The molecule has 2 aromatic carbocycles. The zero-order chi connectivity index (χ0) is 25.9. The topological polar surface area (TPSA) is 92.6 Å². The van der Waals surface area contributed by atoms with Crippen molar-refractivity contribution < 1.29 is 9.90 Å². The molecule has 0 saturated heterocycles. The van der Waals surface area contributed by atoms with Crippen LogP contribution in [0.2, 0.25) is 0 Å². The van der Waals surface area contributed by atoms with Crippen LogP contribution in [0.15, 0.2) is 48.8 Å². The molecule has 0 fully saturated rings. The highest BCUT2D eigenvalue weighted by Gasteiger charge is 2.31. The summed E-state index contributed by atoms with van der Waals surface area (Å²) < 4.78 is 0. The van der Waals surface area contributed by atoms with Crippen molar-refractivity contribution in [3.63, 3.8) is 0 Å². The molecular formula is C29H43N3O2. The van der Waals surface area contributed by atoms with E-state index in [1.165, 1.54) is 30.2 Å². The van der Waals surface area contributed by atoms with E-state index in [2.05, 4.69) is 39.0 Å². The molecule has 3 rings (SSSR count). The number of nitrogens with two attached hydrogens (primary N) is 2. The van der Waals surface area contributed by atoms with Crippen LogP contribution >= 0.6 is 0 Å². The van der Waals surface area contributed by atoms with Crippen LogP contribution in [0.4, 0.5) is 0 Å². The van der Waals surface area contributed by atoms with Crippen LogP contribution in [0.3, 0.4) is 0 Å². The summed E-state index contributed by atoms with van der Waals surface area (Å²) >= 11 is 0. The molecule has 186 valence electrons. The van der Waals surface area contributed by atoms with E-state index in [4.69, 9.17) is 16.7 Å².